The summed E-state index contributed by atoms with van der Waals surface area (Å²) < 4.78 is 0. The fourth-order valence-electron chi connectivity index (χ4n) is 0.253. The van der Waals surface area contributed by atoms with Gasteiger partial charge < -0.3 is 10.8 Å². The third-order valence-electron chi connectivity index (χ3n) is 0.595. The van der Waals surface area contributed by atoms with Crippen molar-refractivity contribution in [3.63, 3.8) is 0 Å². The van der Waals surface area contributed by atoms with E-state index in [0.29, 0.717) is 13.0 Å². The third-order valence-corrected chi connectivity index (χ3v) is 0.595. The van der Waals surface area contributed by atoms with E-state index >= 15 is 0 Å². The molecule has 3 N–H and O–H groups in total. The van der Waals surface area contributed by atoms with Crippen LogP contribution in [-0.4, -0.2) is 17.6 Å². The van der Waals surface area contributed by atoms with Crippen LogP contribution in [0.25, 0.3) is 0 Å². The standard InChI is InChI=1S/C4H9NO2/c5-3-1-2-4(6)7/h1-3,5H2,(H,6,7)/i3+2. The van der Waals surface area contributed by atoms with Crippen molar-refractivity contribution in [3.8, 4) is 0 Å². The van der Waals surface area contributed by atoms with E-state index in [9.17, 15) is 4.79 Å². The van der Waals surface area contributed by atoms with Gasteiger partial charge in [0.15, 0.2) is 0 Å². The average Bonchev–Trinajstić information content (AvgIpc) is 1.61. The highest BCUT2D eigenvalue weighted by Crippen LogP contribution is 1.82. The van der Waals surface area contributed by atoms with Crippen molar-refractivity contribution < 1.29 is 9.90 Å². The minimum absolute atomic E-state index is 0.191. The Morgan fingerprint density at radius 2 is 2.43 bits per heavy atom. The first-order valence-electron chi connectivity index (χ1n) is 2.19. The van der Waals surface area contributed by atoms with E-state index in [4.69, 9.17) is 10.8 Å². The Hall–Kier alpha value is -0.570. The van der Waals surface area contributed by atoms with Gasteiger partial charge in [-0.05, 0) is 13.0 Å². The minimum Gasteiger partial charge on any atom is -0.481 e. The topological polar surface area (TPSA) is 63.3 Å². The molecule has 0 aliphatic carbocycles. The average molecular weight is 105 g/mol. The van der Waals surface area contributed by atoms with Crippen molar-refractivity contribution >= 4 is 5.97 Å². The van der Waals surface area contributed by atoms with Crippen molar-refractivity contribution in [2.75, 3.05) is 6.54 Å². The summed E-state index contributed by atoms with van der Waals surface area (Å²) in [7, 11) is 0. The van der Waals surface area contributed by atoms with Crippen molar-refractivity contribution in [1.82, 2.24) is 0 Å². The summed E-state index contributed by atoms with van der Waals surface area (Å²) >= 11 is 0. The lowest BCUT2D eigenvalue weighted by Gasteiger charge is -1.86. The Morgan fingerprint density at radius 3 is 2.57 bits per heavy atom. The van der Waals surface area contributed by atoms with Gasteiger partial charge in [0.1, 0.15) is 0 Å². The first kappa shape index (κ1) is 6.43. The van der Waals surface area contributed by atoms with Crippen LogP contribution in [0.2, 0.25) is 0 Å². The van der Waals surface area contributed by atoms with Crippen molar-refractivity contribution in [1.29, 1.82) is 0 Å². The molecule has 0 saturated heterocycles. The second-order valence-corrected chi connectivity index (χ2v) is 1.29. The van der Waals surface area contributed by atoms with Crippen LogP contribution >= 0.6 is 0 Å². The van der Waals surface area contributed by atoms with E-state index in [1.807, 2.05) is 0 Å². The zero-order valence-electron chi connectivity index (χ0n) is 4.05. The molecule has 0 atom stereocenters. The molecule has 0 amide bonds. The quantitative estimate of drug-likeness (QED) is 0.523. The van der Waals surface area contributed by atoms with Crippen LogP contribution in [0.4, 0.5) is 0 Å². The molecule has 0 unspecified atom stereocenters. The number of aliphatic carboxylic acids is 1. The maximum Gasteiger partial charge on any atom is 0.303 e. The largest absolute Gasteiger partial charge is 0.481 e. The number of carboxylic acid groups (broad SMARTS) is 1. The Kier molecular flexibility index (Phi) is 3.32. The molecule has 0 rings (SSSR count). The van der Waals surface area contributed by atoms with Gasteiger partial charge in [-0.15, -0.1) is 0 Å². The maximum atomic E-state index is 9.70. The highest BCUT2D eigenvalue weighted by atomic mass is 16.4. The number of hydrogen-bond acceptors (Lipinski definition) is 2. The van der Waals surface area contributed by atoms with E-state index in [-0.39, 0.29) is 6.42 Å². The molecule has 0 heterocycles. The van der Waals surface area contributed by atoms with Crippen LogP contribution in [0.3, 0.4) is 0 Å². The molecule has 0 fully saturated rings. The number of nitrogens with two attached hydrogens (primary N) is 1. The maximum absolute atomic E-state index is 9.70. The summed E-state index contributed by atoms with van der Waals surface area (Å²) in [6, 6.07) is 0. The molecular formula is C4H9NO2. The van der Waals surface area contributed by atoms with Gasteiger partial charge in [-0.2, -0.15) is 0 Å². The summed E-state index contributed by atoms with van der Waals surface area (Å²) in [5.74, 6) is -0.773. The van der Waals surface area contributed by atoms with Crippen LogP contribution < -0.4 is 5.73 Å². The molecule has 0 radical (unpaired) electrons. The van der Waals surface area contributed by atoms with E-state index < -0.39 is 5.97 Å². The first-order chi connectivity index (χ1) is 3.27. The van der Waals surface area contributed by atoms with Crippen LogP contribution in [0, 0.1) is 0 Å². The molecule has 0 spiro atoms. The summed E-state index contributed by atoms with van der Waals surface area (Å²) in [6.45, 7) is 0.465. The number of carbonyl (C=O) groups is 1. The minimum atomic E-state index is -0.773. The normalized spacial score (nSPS) is 8.71. The van der Waals surface area contributed by atoms with E-state index in [1.54, 1.807) is 0 Å². The highest BCUT2D eigenvalue weighted by Gasteiger charge is 1.91. The predicted molar refractivity (Wildman–Crippen MR) is 25.9 cm³/mol. The molecule has 0 aliphatic rings. The summed E-state index contributed by atoms with van der Waals surface area (Å²) in [5, 5.41) is 7.99. The van der Waals surface area contributed by atoms with Gasteiger partial charge in [-0.1, -0.05) is 0 Å². The highest BCUT2D eigenvalue weighted by molar-refractivity contribution is 5.66. The number of rotatable bonds is 3. The summed E-state index contributed by atoms with van der Waals surface area (Å²) in [6.07, 6.45) is 0.770. The molecule has 0 bridgehead atoms. The molecule has 3 nitrogen and oxygen atoms in total. The Morgan fingerprint density at radius 1 is 1.86 bits per heavy atom. The second kappa shape index (κ2) is 3.61. The van der Waals surface area contributed by atoms with Gasteiger partial charge in [-0.25, -0.2) is 0 Å². The van der Waals surface area contributed by atoms with Gasteiger partial charge in [0.05, 0.1) is 0 Å². The van der Waals surface area contributed by atoms with Gasteiger partial charge in [0.25, 0.3) is 0 Å². The monoisotopic (exact) mass is 105 g/mol. The van der Waals surface area contributed by atoms with Crippen molar-refractivity contribution in [2.24, 2.45) is 5.73 Å². The van der Waals surface area contributed by atoms with Crippen LogP contribution in [0.15, 0.2) is 0 Å². The zero-order valence-corrected chi connectivity index (χ0v) is 4.05. The van der Waals surface area contributed by atoms with Crippen molar-refractivity contribution in [2.45, 2.75) is 12.8 Å². The summed E-state index contributed by atoms with van der Waals surface area (Å²) in [4.78, 5) is 9.70. The van der Waals surface area contributed by atoms with Crippen molar-refractivity contribution in [3.05, 3.63) is 0 Å². The lowest BCUT2D eigenvalue weighted by Crippen LogP contribution is -2.02. The molecule has 0 saturated carbocycles. The summed E-state index contributed by atoms with van der Waals surface area (Å²) in [5.41, 5.74) is 5.01. The van der Waals surface area contributed by atoms with E-state index in [1.165, 1.54) is 0 Å². The van der Waals surface area contributed by atoms with Crippen LogP contribution in [-0.2, 0) is 4.79 Å². The Bertz CT molecular complexity index is 62.7. The second-order valence-electron chi connectivity index (χ2n) is 1.29. The fraction of sp³-hybridized carbons (Fsp3) is 0.750. The van der Waals surface area contributed by atoms with Gasteiger partial charge in [-0.3, -0.25) is 4.79 Å². The SMILES string of the molecule is N[14CH2]CCC(=O)O. The zero-order chi connectivity index (χ0) is 5.70. The Balaban J connectivity index is 2.82. The predicted octanol–water partition coefficient (Wildman–Crippen LogP) is -0.190. The lowest BCUT2D eigenvalue weighted by molar-refractivity contribution is -0.137. The third kappa shape index (κ3) is 5.43. The molecule has 3 heteroatoms. The molecule has 42 valence electrons. The number of carboxylic acids is 1. The van der Waals surface area contributed by atoms with E-state index in [2.05, 4.69) is 0 Å². The molecular weight excluding hydrogens is 96.0 g/mol. The number of hydrogen-bond donors (Lipinski definition) is 2. The van der Waals surface area contributed by atoms with Gasteiger partial charge in [0.2, 0.25) is 0 Å². The first-order valence-corrected chi connectivity index (χ1v) is 2.19. The molecule has 0 aromatic carbocycles. The lowest BCUT2D eigenvalue weighted by atomic mass is 10.4. The van der Waals surface area contributed by atoms with Crippen LogP contribution in [0.5, 0.6) is 0 Å². The van der Waals surface area contributed by atoms with Gasteiger partial charge in [0, 0.05) is 6.42 Å². The Labute approximate surface area is 42.1 Å². The fourth-order valence-corrected chi connectivity index (χ4v) is 0.253. The van der Waals surface area contributed by atoms with Crippen LogP contribution in [0.1, 0.15) is 12.8 Å². The smallest absolute Gasteiger partial charge is 0.303 e. The molecule has 0 aromatic rings. The molecule has 7 heavy (non-hydrogen) atoms. The van der Waals surface area contributed by atoms with E-state index in [0.717, 1.165) is 0 Å². The molecule has 0 aromatic heterocycles. The van der Waals surface area contributed by atoms with Gasteiger partial charge >= 0.3 is 5.97 Å². The molecule has 0 aliphatic heterocycles.